The van der Waals surface area contributed by atoms with Crippen LogP contribution in [0.15, 0.2) is 24.3 Å². The number of carbonyl (C=O) groups excluding carboxylic acids is 1. The van der Waals surface area contributed by atoms with E-state index in [2.05, 4.69) is 4.90 Å². The van der Waals surface area contributed by atoms with E-state index in [9.17, 15) is 4.79 Å². The second-order valence-electron chi connectivity index (χ2n) is 4.18. The van der Waals surface area contributed by atoms with Crippen molar-refractivity contribution in [3.63, 3.8) is 0 Å². The average molecular weight is 219 g/mol. The van der Waals surface area contributed by atoms with E-state index in [1.54, 1.807) is 0 Å². The van der Waals surface area contributed by atoms with Crippen LogP contribution in [0.3, 0.4) is 0 Å². The number of ether oxygens (including phenoxy) is 1. The molecule has 3 nitrogen and oxygen atoms in total. The monoisotopic (exact) mass is 219 g/mol. The van der Waals surface area contributed by atoms with E-state index in [1.165, 1.54) is 0 Å². The smallest absolute Gasteiger partial charge is 0.176 e. The van der Waals surface area contributed by atoms with E-state index in [0.29, 0.717) is 6.54 Å². The van der Waals surface area contributed by atoms with E-state index < -0.39 is 0 Å². The van der Waals surface area contributed by atoms with Crippen molar-refractivity contribution in [2.24, 2.45) is 0 Å². The van der Waals surface area contributed by atoms with Crippen LogP contribution in [0.25, 0.3) is 0 Å². The molecule has 0 unspecified atom stereocenters. The maximum atomic E-state index is 12.0. The van der Waals surface area contributed by atoms with Crippen molar-refractivity contribution in [1.29, 1.82) is 0 Å². The quantitative estimate of drug-likeness (QED) is 0.722. The summed E-state index contributed by atoms with van der Waals surface area (Å²) in [6, 6.07) is 7.77. The maximum absolute atomic E-state index is 12.0. The lowest BCUT2D eigenvalue weighted by molar-refractivity contribution is 0.0371. The summed E-state index contributed by atoms with van der Waals surface area (Å²) in [6.07, 6.45) is 0. The summed E-state index contributed by atoms with van der Waals surface area (Å²) in [5.74, 6) is 0.200. The van der Waals surface area contributed by atoms with Crippen LogP contribution >= 0.6 is 0 Å². The number of Topliss-reactive ketones (excluding diaryl/α,β-unsaturated/α-hetero) is 1. The fraction of sp³-hybridized carbons (Fsp3) is 0.462. The van der Waals surface area contributed by atoms with Gasteiger partial charge in [-0.2, -0.15) is 0 Å². The molecule has 2 rings (SSSR count). The van der Waals surface area contributed by atoms with Gasteiger partial charge in [0, 0.05) is 18.7 Å². The Hall–Kier alpha value is -1.19. The van der Waals surface area contributed by atoms with Crippen LogP contribution < -0.4 is 0 Å². The number of carbonyl (C=O) groups is 1. The highest BCUT2D eigenvalue weighted by molar-refractivity contribution is 5.97. The number of benzene rings is 1. The maximum Gasteiger partial charge on any atom is 0.176 e. The second kappa shape index (κ2) is 5.23. The van der Waals surface area contributed by atoms with Gasteiger partial charge in [0.1, 0.15) is 0 Å². The molecule has 0 amide bonds. The van der Waals surface area contributed by atoms with E-state index >= 15 is 0 Å². The molecular weight excluding hydrogens is 202 g/mol. The number of aryl methyl sites for hydroxylation is 1. The summed E-state index contributed by atoms with van der Waals surface area (Å²) >= 11 is 0. The number of rotatable bonds is 3. The molecule has 1 aliphatic rings. The van der Waals surface area contributed by atoms with Gasteiger partial charge in [0.25, 0.3) is 0 Å². The Morgan fingerprint density at radius 1 is 1.38 bits per heavy atom. The first-order chi connectivity index (χ1) is 7.75. The second-order valence-corrected chi connectivity index (χ2v) is 4.18. The lowest BCUT2D eigenvalue weighted by Crippen LogP contribution is -2.39. The van der Waals surface area contributed by atoms with Crippen LogP contribution in [0.2, 0.25) is 0 Å². The van der Waals surface area contributed by atoms with Crippen molar-refractivity contribution in [2.75, 3.05) is 32.8 Å². The van der Waals surface area contributed by atoms with Crippen LogP contribution in [0, 0.1) is 6.92 Å². The van der Waals surface area contributed by atoms with Gasteiger partial charge in [-0.05, 0) is 13.0 Å². The summed E-state index contributed by atoms with van der Waals surface area (Å²) in [6.45, 7) is 5.70. The molecule has 86 valence electrons. The summed E-state index contributed by atoms with van der Waals surface area (Å²) in [5, 5.41) is 0. The number of morpholine rings is 1. The zero-order valence-corrected chi connectivity index (χ0v) is 9.61. The minimum absolute atomic E-state index is 0.200. The van der Waals surface area contributed by atoms with Crippen molar-refractivity contribution in [3.8, 4) is 0 Å². The topological polar surface area (TPSA) is 29.5 Å². The lowest BCUT2D eigenvalue weighted by Gasteiger charge is -2.25. The highest BCUT2D eigenvalue weighted by atomic mass is 16.5. The van der Waals surface area contributed by atoms with E-state index in [4.69, 9.17) is 4.74 Å². The van der Waals surface area contributed by atoms with E-state index in [-0.39, 0.29) is 5.78 Å². The molecule has 0 saturated carbocycles. The molecule has 1 aliphatic heterocycles. The molecule has 0 atom stereocenters. The molecule has 0 N–H and O–H groups in total. The van der Waals surface area contributed by atoms with Crippen LogP contribution in [0.5, 0.6) is 0 Å². The summed E-state index contributed by atoms with van der Waals surface area (Å²) in [5.41, 5.74) is 1.94. The number of hydrogen-bond donors (Lipinski definition) is 0. The van der Waals surface area contributed by atoms with Crippen molar-refractivity contribution in [1.82, 2.24) is 4.90 Å². The van der Waals surface area contributed by atoms with Crippen molar-refractivity contribution >= 4 is 5.78 Å². The largest absolute Gasteiger partial charge is 0.379 e. The van der Waals surface area contributed by atoms with Crippen molar-refractivity contribution in [3.05, 3.63) is 35.4 Å². The van der Waals surface area contributed by atoms with Gasteiger partial charge < -0.3 is 4.74 Å². The highest BCUT2D eigenvalue weighted by Crippen LogP contribution is 2.06. The Morgan fingerprint density at radius 2 is 2.12 bits per heavy atom. The van der Waals surface area contributed by atoms with Gasteiger partial charge >= 0.3 is 0 Å². The molecule has 0 spiro atoms. The first-order valence-electron chi connectivity index (χ1n) is 5.66. The van der Waals surface area contributed by atoms with Crippen LogP contribution in [-0.4, -0.2) is 43.5 Å². The number of hydrogen-bond acceptors (Lipinski definition) is 3. The molecule has 0 aliphatic carbocycles. The standard InChI is InChI=1S/C13H17NO2/c1-11-3-2-4-12(9-11)13(15)10-14-5-7-16-8-6-14/h2-4,9H,5-8,10H2,1H3. The molecule has 0 aromatic heterocycles. The van der Waals surface area contributed by atoms with E-state index in [1.807, 2.05) is 31.2 Å². The molecular formula is C13H17NO2. The third-order valence-electron chi connectivity index (χ3n) is 2.81. The predicted octanol–water partition coefficient (Wildman–Crippen LogP) is 1.51. The predicted molar refractivity (Wildman–Crippen MR) is 62.8 cm³/mol. The SMILES string of the molecule is Cc1cccc(C(=O)CN2CCOCC2)c1. The van der Waals surface area contributed by atoms with Gasteiger partial charge in [-0.15, -0.1) is 0 Å². The van der Waals surface area contributed by atoms with E-state index in [0.717, 1.165) is 37.4 Å². The Kier molecular flexibility index (Phi) is 3.70. The van der Waals surface area contributed by atoms with Crippen LogP contribution in [0.4, 0.5) is 0 Å². The van der Waals surface area contributed by atoms with Crippen LogP contribution in [-0.2, 0) is 4.74 Å². The highest BCUT2D eigenvalue weighted by Gasteiger charge is 2.15. The molecule has 16 heavy (non-hydrogen) atoms. The third kappa shape index (κ3) is 2.90. The van der Waals surface area contributed by atoms with Crippen molar-refractivity contribution in [2.45, 2.75) is 6.92 Å². The Morgan fingerprint density at radius 3 is 2.81 bits per heavy atom. The minimum Gasteiger partial charge on any atom is -0.379 e. The number of ketones is 1. The first kappa shape index (κ1) is 11.3. The first-order valence-corrected chi connectivity index (χ1v) is 5.66. The normalized spacial score (nSPS) is 17.3. The number of nitrogens with zero attached hydrogens (tertiary/aromatic N) is 1. The van der Waals surface area contributed by atoms with Gasteiger partial charge in [0.15, 0.2) is 5.78 Å². The summed E-state index contributed by atoms with van der Waals surface area (Å²) in [7, 11) is 0. The Bertz CT molecular complexity index is 370. The van der Waals surface area contributed by atoms with Gasteiger partial charge in [0.2, 0.25) is 0 Å². The summed E-state index contributed by atoms with van der Waals surface area (Å²) < 4.78 is 5.25. The molecule has 0 radical (unpaired) electrons. The van der Waals surface area contributed by atoms with Gasteiger partial charge in [0.05, 0.1) is 19.8 Å². The molecule has 1 heterocycles. The van der Waals surface area contributed by atoms with Gasteiger partial charge in [-0.1, -0.05) is 23.8 Å². The molecule has 1 saturated heterocycles. The molecule has 1 fully saturated rings. The van der Waals surface area contributed by atoms with Gasteiger partial charge in [-0.25, -0.2) is 0 Å². The molecule has 1 aromatic carbocycles. The molecule has 3 heteroatoms. The minimum atomic E-state index is 0.200. The lowest BCUT2D eigenvalue weighted by atomic mass is 10.1. The van der Waals surface area contributed by atoms with Gasteiger partial charge in [-0.3, -0.25) is 9.69 Å². The van der Waals surface area contributed by atoms with Crippen molar-refractivity contribution < 1.29 is 9.53 Å². The van der Waals surface area contributed by atoms with Crippen LogP contribution in [0.1, 0.15) is 15.9 Å². The fourth-order valence-electron chi connectivity index (χ4n) is 1.87. The fourth-order valence-corrected chi connectivity index (χ4v) is 1.87. The Balaban J connectivity index is 1.97. The average Bonchev–Trinajstić information content (AvgIpc) is 2.30. The summed E-state index contributed by atoms with van der Waals surface area (Å²) in [4.78, 5) is 14.1. The molecule has 1 aromatic rings. The Labute approximate surface area is 96.0 Å². The zero-order chi connectivity index (χ0) is 11.4. The molecule has 0 bridgehead atoms. The zero-order valence-electron chi connectivity index (χ0n) is 9.61. The third-order valence-corrected chi connectivity index (χ3v) is 2.81.